The Labute approximate surface area is 157 Å². The van der Waals surface area contributed by atoms with Gasteiger partial charge < -0.3 is 15.2 Å². The molecule has 152 valence electrons. The van der Waals surface area contributed by atoms with Crippen LogP contribution in [0.2, 0.25) is 0 Å². The molecule has 0 aliphatic carbocycles. The minimum atomic E-state index is -4.99. The van der Waals surface area contributed by atoms with Gasteiger partial charge in [0, 0.05) is 44.1 Å². The van der Waals surface area contributed by atoms with Crippen LogP contribution in [0.5, 0.6) is 0 Å². The summed E-state index contributed by atoms with van der Waals surface area (Å²) >= 11 is 0. The number of nitrogens with one attached hydrogen (secondary N) is 2. The molecule has 2 amide bonds. The number of alkyl halides is 3. The summed E-state index contributed by atoms with van der Waals surface area (Å²) < 4.78 is 65.4. The molecule has 1 aliphatic rings. The normalized spacial score (nSPS) is 18.4. The average Bonchev–Trinajstić information content (AvgIpc) is 3.15. The maximum Gasteiger partial charge on any atom is 0.419 e. The zero-order chi connectivity index (χ0) is 20.5. The molecule has 2 heterocycles. The molecule has 11 heteroatoms. The van der Waals surface area contributed by atoms with Crippen molar-refractivity contribution in [3.8, 4) is 0 Å². The van der Waals surface area contributed by atoms with Crippen LogP contribution >= 0.6 is 0 Å². The van der Waals surface area contributed by atoms with Crippen molar-refractivity contribution in [2.45, 2.75) is 18.8 Å². The van der Waals surface area contributed by atoms with Gasteiger partial charge in [0.2, 0.25) is 0 Å². The van der Waals surface area contributed by atoms with E-state index in [9.17, 15) is 26.7 Å². The highest BCUT2D eigenvalue weighted by Gasteiger charge is 2.35. The van der Waals surface area contributed by atoms with Crippen molar-refractivity contribution >= 4 is 6.03 Å². The smallest absolute Gasteiger partial charge is 0.347 e. The number of piperazine rings is 1. The van der Waals surface area contributed by atoms with Gasteiger partial charge in [-0.1, -0.05) is 0 Å². The van der Waals surface area contributed by atoms with Gasteiger partial charge in [-0.25, -0.2) is 18.6 Å². The van der Waals surface area contributed by atoms with E-state index in [0.717, 1.165) is 0 Å². The van der Waals surface area contributed by atoms with E-state index in [1.54, 1.807) is 12.4 Å². The van der Waals surface area contributed by atoms with Gasteiger partial charge in [0.15, 0.2) is 0 Å². The first kappa shape index (κ1) is 20.1. The first-order chi connectivity index (χ1) is 13.2. The average molecular weight is 403 g/mol. The second-order valence-corrected chi connectivity index (χ2v) is 6.50. The Hall–Kier alpha value is -2.69. The Balaban J connectivity index is 1.65. The summed E-state index contributed by atoms with van der Waals surface area (Å²) in [5, 5.41) is 2.43. The summed E-state index contributed by atoms with van der Waals surface area (Å²) in [5.74, 6) is -2.13. The number of hydrogen-bond donors (Lipinski definition) is 2. The third-order valence-corrected chi connectivity index (χ3v) is 4.64. The van der Waals surface area contributed by atoms with E-state index >= 15 is 0 Å². The number of rotatable bonds is 3. The van der Waals surface area contributed by atoms with Crippen LogP contribution in [0.1, 0.15) is 23.0 Å². The molecule has 6 nitrogen and oxygen atoms in total. The Bertz CT molecular complexity index is 839. The van der Waals surface area contributed by atoms with Crippen molar-refractivity contribution in [3.05, 3.63) is 53.1 Å². The fraction of sp³-hybridized carbons (Fsp3) is 0.412. The number of aromatic nitrogens is 2. The molecule has 0 saturated carbocycles. The molecule has 2 aromatic rings. The molecule has 28 heavy (non-hydrogen) atoms. The Morgan fingerprint density at radius 3 is 2.68 bits per heavy atom. The minimum Gasteiger partial charge on any atom is -0.347 e. The number of benzene rings is 1. The molecule has 0 bridgehead atoms. The molecule has 0 radical (unpaired) electrons. The molecule has 1 saturated heterocycles. The van der Waals surface area contributed by atoms with Gasteiger partial charge in [0.25, 0.3) is 0 Å². The predicted molar refractivity (Wildman–Crippen MR) is 89.1 cm³/mol. The van der Waals surface area contributed by atoms with Crippen LogP contribution in [0.15, 0.2) is 24.5 Å². The SMILES string of the molecule is CN1CCN(C(=O)NCc2cc(F)c(C(F)(F)F)cc2F)CC1c1ncc[nH]1. The van der Waals surface area contributed by atoms with Gasteiger partial charge in [-0.05, 0) is 19.2 Å². The molecule has 2 N–H and O–H groups in total. The van der Waals surface area contributed by atoms with E-state index in [1.807, 2.05) is 11.9 Å². The lowest BCUT2D eigenvalue weighted by molar-refractivity contribution is -0.140. The Morgan fingerprint density at radius 2 is 2.04 bits per heavy atom. The number of urea groups is 1. The summed E-state index contributed by atoms with van der Waals surface area (Å²) in [6.45, 7) is 0.864. The zero-order valence-electron chi connectivity index (χ0n) is 14.9. The lowest BCUT2D eigenvalue weighted by Gasteiger charge is -2.38. The van der Waals surface area contributed by atoms with Gasteiger partial charge in [0.1, 0.15) is 17.5 Å². The van der Waals surface area contributed by atoms with Crippen LogP contribution in [0, 0.1) is 11.6 Å². The number of amides is 2. The fourth-order valence-corrected chi connectivity index (χ4v) is 3.04. The van der Waals surface area contributed by atoms with Crippen LogP contribution in [0.4, 0.5) is 26.7 Å². The maximum absolute atomic E-state index is 13.9. The highest BCUT2D eigenvalue weighted by atomic mass is 19.4. The van der Waals surface area contributed by atoms with E-state index in [-0.39, 0.29) is 17.7 Å². The van der Waals surface area contributed by atoms with Crippen LogP contribution in [-0.4, -0.2) is 52.5 Å². The molecule has 1 unspecified atom stereocenters. The quantitative estimate of drug-likeness (QED) is 0.775. The number of hydrogen-bond acceptors (Lipinski definition) is 3. The number of H-pyrrole nitrogens is 1. The van der Waals surface area contributed by atoms with Gasteiger partial charge in [-0.2, -0.15) is 13.2 Å². The van der Waals surface area contributed by atoms with Gasteiger partial charge in [0.05, 0.1) is 11.6 Å². The molecule has 1 aromatic carbocycles. The molecule has 1 atom stereocenters. The fourth-order valence-electron chi connectivity index (χ4n) is 3.04. The van der Waals surface area contributed by atoms with Crippen molar-refractivity contribution in [2.24, 2.45) is 0 Å². The summed E-state index contributed by atoms with van der Waals surface area (Å²) in [4.78, 5) is 23.1. The largest absolute Gasteiger partial charge is 0.419 e. The standard InChI is InChI=1S/C17H18F5N5O/c1-26-4-5-27(9-14(26)15-23-2-3-24-15)16(28)25-8-10-6-13(19)11(7-12(10)18)17(20,21)22/h2-3,6-7,14H,4-5,8-9H2,1H3,(H,23,24)(H,25,28). The highest BCUT2D eigenvalue weighted by molar-refractivity contribution is 5.74. The van der Waals surface area contributed by atoms with Crippen LogP contribution in [-0.2, 0) is 12.7 Å². The van der Waals surface area contributed by atoms with E-state index in [1.165, 1.54) is 4.90 Å². The highest BCUT2D eigenvalue weighted by Crippen LogP contribution is 2.32. The topological polar surface area (TPSA) is 64.3 Å². The van der Waals surface area contributed by atoms with Crippen molar-refractivity contribution in [1.29, 1.82) is 0 Å². The first-order valence-corrected chi connectivity index (χ1v) is 8.44. The van der Waals surface area contributed by atoms with E-state index in [2.05, 4.69) is 15.3 Å². The summed E-state index contributed by atoms with van der Waals surface area (Å²) in [6, 6.07) is -0.132. The van der Waals surface area contributed by atoms with Crippen LogP contribution in [0.3, 0.4) is 0 Å². The number of imidazole rings is 1. The number of nitrogens with zero attached hydrogens (tertiary/aromatic N) is 3. The Kier molecular flexibility index (Phi) is 5.54. The molecule has 1 aromatic heterocycles. The molecule has 1 aliphatic heterocycles. The van der Waals surface area contributed by atoms with Gasteiger partial charge in [-0.3, -0.25) is 4.90 Å². The van der Waals surface area contributed by atoms with Crippen molar-refractivity contribution < 1.29 is 26.7 Å². The zero-order valence-corrected chi connectivity index (χ0v) is 14.9. The lowest BCUT2D eigenvalue weighted by Crippen LogP contribution is -2.52. The molecular weight excluding hydrogens is 385 g/mol. The van der Waals surface area contributed by atoms with Crippen molar-refractivity contribution in [1.82, 2.24) is 25.1 Å². The lowest BCUT2D eigenvalue weighted by atomic mass is 10.1. The summed E-state index contributed by atoms with van der Waals surface area (Å²) in [6.07, 6.45) is -1.72. The van der Waals surface area contributed by atoms with E-state index < -0.39 is 36.0 Å². The molecular formula is C17H18F5N5O. The van der Waals surface area contributed by atoms with E-state index in [0.29, 0.717) is 31.5 Å². The third-order valence-electron chi connectivity index (χ3n) is 4.64. The number of carbonyl (C=O) groups excluding carboxylic acids is 1. The maximum atomic E-state index is 13.9. The summed E-state index contributed by atoms with van der Waals surface area (Å²) in [5.41, 5.74) is -2.05. The monoisotopic (exact) mass is 403 g/mol. The first-order valence-electron chi connectivity index (χ1n) is 8.44. The number of aromatic amines is 1. The second-order valence-electron chi connectivity index (χ2n) is 6.50. The van der Waals surface area contributed by atoms with Crippen LogP contribution < -0.4 is 5.32 Å². The minimum absolute atomic E-state index is 0.0968. The van der Waals surface area contributed by atoms with Crippen LogP contribution in [0.25, 0.3) is 0 Å². The number of carbonyl (C=O) groups is 1. The van der Waals surface area contributed by atoms with Crippen molar-refractivity contribution in [2.75, 3.05) is 26.7 Å². The van der Waals surface area contributed by atoms with E-state index in [4.69, 9.17) is 0 Å². The summed E-state index contributed by atoms with van der Waals surface area (Å²) in [7, 11) is 1.89. The van der Waals surface area contributed by atoms with Crippen molar-refractivity contribution in [3.63, 3.8) is 0 Å². The Morgan fingerprint density at radius 1 is 1.29 bits per heavy atom. The van der Waals surface area contributed by atoms with Gasteiger partial charge >= 0.3 is 12.2 Å². The molecule has 1 fully saturated rings. The molecule has 3 rings (SSSR count). The number of likely N-dealkylation sites (N-methyl/N-ethyl adjacent to an activating group) is 1. The van der Waals surface area contributed by atoms with Gasteiger partial charge in [-0.15, -0.1) is 0 Å². The third kappa shape index (κ3) is 4.24. The number of halogens is 5. The molecule has 0 spiro atoms. The predicted octanol–water partition coefficient (Wildman–Crippen LogP) is 2.91. The second kappa shape index (κ2) is 7.74.